The number of methoxy groups -OCH3 is 1. The predicted molar refractivity (Wildman–Crippen MR) is 105 cm³/mol. The summed E-state index contributed by atoms with van der Waals surface area (Å²) in [5.41, 5.74) is 2.57. The van der Waals surface area contributed by atoms with Gasteiger partial charge in [-0.25, -0.2) is 9.97 Å². The van der Waals surface area contributed by atoms with Crippen LogP contribution in [0.25, 0.3) is 17.2 Å². The first kappa shape index (κ1) is 18.5. The molecule has 0 bridgehead atoms. The van der Waals surface area contributed by atoms with Crippen molar-refractivity contribution in [3.8, 4) is 11.4 Å². The van der Waals surface area contributed by atoms with Gasteiger partial charge in [0.05, 0.1) is 11.4 Å². The molecule has 0 aliphatic rings. The molecule has 0 spiro atoms. The van der Waals surface area contributed by atoms with Crippen molar-refractivity contribution in [2.24, 2.45) is 0 Å². The first-order valence-corrected chi connectivity index (χ1v) is 8.93. The molecule has 9 nitrogen and oxygen atoms in total. The molecule has 0 saturated carbocycles. The van der Waals surface area contributed by atoms with E-state index in [4.69, 9.17) is 27.9 Å². The Kier molecular flexibility index (Phi) is 5.03. The smallest absolute Gasteiger partial charge is 0.272 e. The van der Waals surface area contributed by atoms with Crippen LogP contribution in [0.3, 0.4) is 0 Å². The van der Waals surface area contributed by atoms with E-state index in [-0.39, 0.29) is 0 Å². The lowest BCUT2D eigenvalue weighted by molar-refractivity contribution is 0.178. The number of benzene rings is 1. The van der Waals surface area contributed by atoms with Crippen molar-refractivity contribution >= 4 is 40.6 Å². The number of aryl methyl sites for hydroxylation is 1. The quantitative estimate of drug-likeness (QED) is 0.527. The van der Waals surface area contributed by atoms with E-state index in [0.717, 1.165) is 5.69 Å². The molecule has 142 valence electrons. The third kappa shape index (κ3) is 3.72. The Hall–Kier alpha value is -2.88. The van der Waals surface area contributed by atoms with E-state index in [1.807, 2.05) is 6.92 Å². The molecule has 3 heterocycles. The molecule has 4 rings (SSSR count). The van der Waals surface area contributed by atoms with Gasteiger partial charge >= 0.3 is 0 Å². The summed E-state index contributed by atoms with van der Waals surface area (Å²) in [6.07, 6.45) is 1.62. The maximum atomic E-state index is 6.04. The van der Waals surface area contributed by atoms with E-state index < -0.39 is 0 Å². The first-order chi connectivity index (χ1) is 13.5. The second kappa shape index (κ2) is 7.63. The van der Waals surface area contributed by atoms with Gasteiger partial charge in [0.1, 0.15) is 12.3 Å². The lowest BCUT2D eigenvalue weighted by Crippen LogP contribution is -2.05. The van der Waals surface area contributed by atoms with Crippen LogP contribution in [0.2, 0.25) is 10.0 Å². The normalized spacial score (nSPS) is 11.1. The summed E-state index contributed by atoms with van der Waals surface area (Å²) in [5.74, 6) is 1.30. The molecule has 11 heteroatoms. The summed E-state index contributed by atoms with van der Waals surface area (Å²) in [4.78, 5) is 13.0. The summed E-state index contributed by atoms with van der Waals surface area (Å²) in [6.45, 7) is 2.16. The van der Waals surface area contributed by atoms with Gasteiger partial charge in [0, 0.05) is 29.0 Å². The molecule has 0 atom stereocenters. The van der Waals surface area contributed by atoms with Crippen LogP contribution in [0.15, 0.2) is 30.5 Å². The zero-order valence-corrected chi connectivity index (χ0v) is 16.4. The van der Waals surface area contributed by atoms with Crippen LogP contribution in [0.4, 0.5) is 11.6 Å². The number of nitrogens with zero attached hydrogens (tertiary/aromatic N) is 7. The van der Waals surface area contributed by atoms with Gasteiger partial charge in [0.2, 0.25) is 5.95 Å². The Morgan fingerprint density at radius 2 is 1.89 bits per heavy atom. The number of rotatable bonds is 5. The minimum absolute atomic E-state index is 0.294. The Labute approximate surface area is 169 Å². The van der Waals surface area contributed by atoms with Gasteiger partial charge in [0.15, 0.2) is 5.82 Å². The summed E-state index contributed by atoms with van der Waals surface area (Å²) in [6, 6.07) is 6.85. The van der Waals surface area contributed by atoms with Gasteiger partial charge in [-0.1, -0.05) is 23.2 Å². The number of fused-ring (bicyclic) bond motifs is 1. The number of nitrogens with one attached hydrogen (secondary N) is 1. The van der Waals surface area contributed by atoms with Crippen LogP contribution in [0.5, 0.6) is 0 Å². The minimum atomic E-state index is 0.294. The molecule has 0 fully saturated rings. The fourth-order valence-corrected chi connectivity index (χ4v) is 3.16. The molecular weight excluding hydrogens is 403 g/mol. The molecule has 3 aromatic heterocycles. The van der Waals surface area contributed by atoms with Crippen molar-refractivity contribution in [2.75, 3.05) is 12.4 Å². The lowest BCUT2D eigenvalue weighted by Gasteiger charge is -2.08. The Morgan fingerprint density at radius 1 is 1.11 bits per heavy atom. The van der Waals surface area contributed by atoms with Crippen LogP contribution in [-0.2, 0) is 11.3 Å². The molecule has 1 N–H and O–H groups in total. The second-order valence-corrected chi connectivity index (χ2v) is 6.73. The molecule has 0 aliphatic carbocycles. The highest BCUT2D eigenvalue weighted by atomic mass is 35.5. The molecule has 1 aromatic carbocycles. The lowest BCUT2D eigenvalue weighted by atomic mass is 10.2. The summed E-state index contributed by atoms with van der Waals surface area (Å²) in [7, 11) is 1.58. The Bertz CT molecular complexity index is 1140. The highest BCUT2D eigenvalue weighted by Crippen LogP contribution is 2.25. The Balaban J connectivity index is 1.69. The van der Waals surface area contributed by atoms with Gasteiger partial charge in [-0.15, -0.1) is 15.3 Å². The average Bonchev–Trinajstić information content (AvgIpc) is 3.05. The van der Waals surface area contributed by atoms with E-state index in [0.29, 0.717) is 51.3 Å². The van der Waals surface area contributed by atoms with E-state index in [9.17, 15) is 0 Å². The van der Waals surface area contributed by atoms with Crippen LogP contribution >= 0.6 is 23.2 Å². The molecule has 0 radical (unpaired) electrons. The fourth-order valence-electron chi connectivity index (χ4n) is 2.64. The van der Waals surface area contributed by atoms with Crippen LogP contribution < -0.4 is 5.32 Å². The van der Waals surface area contributed by atoms with E-state index in [1.54, 1.807) is 42.1 Å². The minimum Gasteiger partial charge on any atom is -0.377 e. The maximum absolute atomic E-state index is 6.04. The largest absolute Gasteiger partial charge is 0.377 e. The zero-order chi connectivity index (χ0) is 19.7. The first-order valence-electron chi connectivity index (χ1n) is 8.18. The van der Waals surface area contributed by atoms with Crippen LogP contribution in [-0.4, -0.2) is 41.9 Å². The second-order valence-electron chi connectivity index (χ2n) is 5.86. The topological polar surface area (TPSA) is 103 Å². The number of ether oxygens (including phenoxy) is 1. The number of anilines is 2. The molecule has 0 amide bonds. The standard InChI is InChI=1S/C17H14Cl2N8O/c1-9-15(24-25-17-23-14(8-28-2)26-27(9)17)13-3-4-20-16(22-13)21-12-6-10(18)5-11(19)7-12/h3-7H,8H2,1-2H3,(H,20,21,22). The summed E-state index contributed by atoms with van der Waals surface area (Å²) >= 11 is 12.1. The zero-order valence-electron chi connectivity index (χ0n) is 14.9. The number of hydrogen-bond acceptors (Lipinski definition) is 8. The third-order valence-corrected chi connectivity index (χ3v) is 4.26. The van der Waals surface area contributed by atoms with Crippen molar-refractivity contribution in [3.63, 3.8) is 0 Å². The number of hydrogen-bond donors (Lipinski definition) is 1. The molecule has 0 unspecified atom stereocenters. The van der Waals surface area contributed by atoms with Crippen molar-refractivity contribution in [3.05, 3.63) is 52.0 Å². The van der Waals surface area contributed by atoms with Gasteiger partial charge in [-0.3, -0.25) is 0 Å². The monoisotopic (exact) mass is 416 g/mol. The van der Waals surface area contributed by atoms with Gasteiger partial charge in [0.25, 0.3) is 5.78 Å². The fraction of sp³-hybridized carbons (Fsp3) is 0.176. The number of aromatic nitrogens is 7. The maximum Gasteiger partial charge on any atom is 0.272 e. The molecule has 4 aromatic rings. The Morgan fingerprint density at radius 3 is 2.64 bits per heavy atom. The SMILES string of the molecule is COCc1nc2nnc(-c3ccnc(Nc4cc(Cl)cc(Cl)c4)n3)c(C)n2n1. The van der Waals surface area contributed by atoms with Crippen LogP contribution in [0.1, 0.15) is 11.5 Å². The van der Waals surface area contributed by atoms with Crippen molar-refractivity contribution < 1.29 is 4.74 Å². The van der Waals surface area contributed by atoms with Crippen molar-refractivity contribution in [2.45, 2.75) is 13.5 Å². The van der Waals surface area contributed by atoms with E-state index in [1.165, 1.54) is 0 Å². The number of halogens is 2. The molecular formula is C17H14Cl2N8O. The highest BCUT2D eigenvalue weighted by Gasteiger charge is 2.14. The molecule has 0 saturated heterocycles. The molecule has 28 heavy (non-hydrogen) atoms. The predicted octanol–water partition coefficient (Wildman–Crippen LogP) is 3.48. The van der Waals surface area contributed by atoms with E-state index >= 15 is 0 Å². The average molecular weight is 417 g/mol. The molecule has 0 aliphatic heterocycles. The van der Waals surface area contributed by atoms with Gasteiger partial charge in [-0.05, 0) is 31.2 Å². The van der Waals surface area contributed by atoms with Gasteiger partial charge < -0.3 is 10.1 Å². The highest BCUT2D eigenvalue weighted by molar-refractivity contribution is 6.35. The third-order valence-electron chi connectivity index (χ3n) is 3.82. The van der Waals surface area contributed by atoms with Gasteiger partial charge in [-0.2, -0.15) is 9.50 Å². The summed E-state index contributed by atoms with van der Waals surface area (Å²) < 4.78 is 6.68. The van der Waals surface area contributed by atoms with Crippen molar-refractivity contribution in [1.82, 2.24) is 34.8 Å². The van der Waals surface area contributed by atoms with E-state index in [2.05, 4.69) is 35.6 Å². The summed E-state index contributed by atoms with van der Waals surface area (Å²) in [5, 5.41) is 16.9. The van der Waals surface area contributed by atoms with Crippen LogP contribution in [0, 0.1) is 6.92 Å². The van der Waals surface area contributed by atoms with Crippen molar-refractivity contribution in [1.29, 1.82) is 0 Å².